The molecule has 1 heterocycles. The number of hydrogen-bond acceptors (Lipinski definition) is 4. The van der Waals surface area contributed by atoms with Gasteiger partial charge in [-0.2, -0.15) is 0 Å². The van der Waals surface area contributed by atoms with Crippen molar-refractivity contribution >= 4 is 6.29 Å². The van der Waals surface area contributed by atoms with E-state index >= 15 is 0 Å². The average Bonchev–Trinajstić information content (AvgIpc) is 2.42. The lowest BCUT2D eigenvalue weighted by Gasteiger charge is -2.16. The highest BCUT2D eigenvalue weighted by molar-refractivity contribution is 5.82. The normalized spacial score (nSPS) is 16.7. The Balaban J connectivity index is 2.53. The number of benzene rings is 1. The number of phenols is 1. The van der Waals surface area contributed by atoms with Crippen LogP contribution in [0.25, 0.3) is 0 Å². The average molecular weight is 194 g/mol. The summed E-state index contributed by atoms with van der Waals surface area (Å²) in [6.45, 7) is 3.46. The monoisotopic (exact) mass is 194 g/mol. The maximum Gasteiger partial charge on any atom is 0.246 e. The van der Waals surface area contributed by atoms with Crippen molar-refractivity contribution in [2.45, 2.75) is 19.6 Å². The predicted octanol–water partition coefficient (Wildman–Crippen LogP) is 1.71. The number of carbonyl (C=O) groups excluding carboxylic acids is 1. The van der Waals surface area contributed by atoms with Crippen molar-refractivity contribution in [2.24, 2.45) is 0 Å². The third kappa shape index (κ3) is 1.19. The minimum absolute atomic E-state index is 0.164. The molecule has 0 unspecified atom stereocenters. The molecule has 74 valence electrons. The maximum absolute atomic E-state index is 10.5. The highest BCUT2D eigenvalue weighted by Crippen LogP contribution is 2.46. The quantitative estimate of drug-likeness (QED) is 0.691. The summed E-state index contributed by atoms with van der Waals surface area (Å²) in [4.78, 5) is 10.5. The molecule has 1 aromatic carbocycles. The molecule has 0 radical (unpaired) electrons. The number of aromatic hydroxyl groups is 1. The fourth-order valence-corrected chi connectivity index (χ4v) is 1.37. The molecule has 2 rings (SSSR count). The summed E-state index contributed by atoms with van der Waals surface area (Å²) in [5, 5.41) is 9.61. The Bertz CT molecular complexity index is 395. The SMILES string of the molecule is CC1(C)Oc2ccc(C=O)c(O)c2O1. The Hall–Kier alpha value is -1.71. The summed E-state index contributed by atoms with van der Waals surface area (Å²) in [7, 11) is 0. The van der Waals surface area contributed by atoms with Gasteiger partial charge in [-0.3, -0.25) is 4.79 Å². The fraction of sp³-hybridized carbons (Fsp3) is 0.300. The van der Waals surface area contributed by atoms with Crippen LogP contribution in [0, 0.1) is 0 Å². The first kappa shape index (κ1) is 8.87. The summed E-state index contributed by atoms with van der Waals surface area (Å²) >= 11 is 0. The van der Waals surface area contributed by atoms with Crippen LogP contribution < -0.4 is 9.47 Å². The molecule has 0 spiro atoms. The van der Waals surface area contributed by atoms with Crippen LogP contribution >= 0.6 is 0 Å². The molecule has 0 saturated carbocycles. The molecule has 1 N–H and O–H groups in total. The van der Waals surface area contributed by atoms with E-state index in [-0.39, 0.29) is 17.1 Å². The van der Waals surface area contributed by atoms with E-state index in [0.717, 1.165) is 0 Å². The van der Waals surface area contributed by atoms with Crippen LogP contribution in [0.1, 0.15) is 24.2 Å². The van der Waals surface area contributed by atoms with E-state index in [1.807, 2.05) is 0 Å². The lowest BCUT2D eigenvalue weighted by molar-refractivity contribution is -0.0439. The highest BCUT2D eigenvalue weighted by Gasteiger charge is 2.34. The molecule has 0 aliphatic carbocycles. The van der Waals surface area contributed by atoms with E-state index in [0.29, 0.717) is 12.0 Å². The Morgan fingerprint density at radius 3 is 2.71 bits per heavy atom. The lowest BCUT2D eigenvalue weighted by atomic mass is 10.2. The van der Waals surface area contributed by atoms with Gasteiger partial charge >= 0.3 is 0 Å². The molecule has 0 saturated heterocycles. The fourth-order valence-electron chi connectivity index (χ4n) is 1.37. The van der Waals surface area contributed by atoms with Crippen molar-refractivity contribution in [3.05, 3.63) is 17.7 Å². The molecule has 0 amide bonds. The van der Waals surface area contributed by atoms with Gasteiger partial charge in [0.05, 0.1) is 5.56 Å². The zero-order valence-corrected chi connectivity index (χ0v) is 7.90. The summed E-state index contributed by atoms with van der Waals surface area (Å²) in [6.07, 6.45) is 0.574. The number of fused-ring (bicyclic) bond motifs is 1. The van der Waals surface area contributed by atoms with Crippen LogP contribution in [0.3, 0.4) is 0 Å². The van der Waals surface area contributed by atoms with Crippen molar-refractivity contribution in [3.63, 3.8) is 0 Å². The van der Waals surface area contributed by atoms with Crippen LogP contribution in [0.5, 0.6) is 17.2 Å². The molecule has 0 atom stereocenters. The van der Waals surface area contributed by atoms with Crippen molar-refractivity contribution in [1.82, 2.24) is 0 Å². The minimum atomic E-state index is -0.790. The third-order valence-corrected chi connectivity index (χ3v) is 1.96. The molecule has 1 aliphatic heterocycles. The Labute approximate surface area is 81.1 Å². The largest absolute Gasteiger partial charge is 0.504 e. The molecule has 0 fully saturated rings. The van der Waals surface area contributed by atoms with E-state index in [1.165, 1.54) is 6.07 Å². The molecule has 0 bridgehead atoms. The smallest absolute Gasteiger partial charge is 0.246 e. The van der Waals surface area contributed by atoms with Gasteiger partial charge in [0.25, 0.3) is 0 Å². The second kappa shape index (κ2) is 2.64. The Morgan fingerprint density at radius 2 is 2.07 bits per heavy atom. The molecule has 1 aromatic rings. The molecule has 4 nitrogen and oxygen atoms in total. The molecule has 14 heavy (non-hydrogen) atoms. The summed E-state index contributed by atoms with van der Waals surface area (Å²) in [5.74, 6) is -0.262. The number of phenolic OH excluding ortho intramolecular Hbond substituents is 1. The molecular formula is C10H10O4. The first-order chi connectivity index (χ1) is 6.53. The number of rotatable bonds is 1. The van der Waals surface area contributed by atoms with Gasteiger partial charge in [0.2, 0.25) is 11.5 Å². The topological polar surface area (TPSA) is 55.8 Å². The molecule has 4 heteroatoms. The van der Waals surface area contributed by atoms with Crippen molar-refractivity contribution in [3.8, 4) is 17.2 Å². The van der Waals surface area contributed by atoms with E-state index in [1.54, 1.807) is 19.9 Å². The van der Waals surface area contributed by atoms with E-state index < -0.39 is 5.79 Å². The zero-order valence-electron chi connectivity index (χ0n) is 7.90. The first-order valence-corrected chi connectivity index (χ1v) is 4.23. The third-order valence-electron chi connectivity index (χ3n) is 1.96. The first-order valence-electron chi connectivity index (χ1n) is 4.23. The predicted molar refractivity (Wildman–Crippen MR) is 48.8 cm³/mol. The minimum Gasteiger partial charge on any atom is -0.504 e. The van der Waals surface area contributed by atoms with Crippen LogP contribution in [0.15, 0.2) is 12.1 Å². The maximum atomic E-state index is 10.5. The standard InChI is InChI=1S/C10H10O4/c1-10(2)13-7-4-3-6(5-11)8(12)9(7)14-10/h3-5,12H,1-2H3. The van der Waals surface area contributed by atoms with Gasteiger partial charge in [0, 0.05) is 13.8 Å². The number of hydrogen-bond donors (Lipinski definition) is 1. The zero-order chi connectivity index (χ0) is 10.3. The van der Waals surface area contributed by atoms with Crippen molar-refractivity contribution < 1.29 is 19.4 Å². The Kier molecular flexibility index (Phi) is 1.67. The van der Waals surface area contributed by atoms with Gasteiger partial charge in [-0.05, 0) is 12.1 Å². The van der Waals surface area contributed by atoms with E-state index in [9.17, 15) is 9.90 Å². The number of ether oxygens (including phenoxy) is 2. The van der Waals surface area contributed by atoms with Gasteiger partial charge in [-0.25, -0.2) is 0 Å². The highest BCUT2D eigenvalue weighted by atomic mass is 16.7. The Morgan fingerprint density at radius 1 is 1.36 bits per heavy atom. The van der Waals surface area contributed by atoms with Gasteiger partial charge < -0.3 is 14.6 Å². The number of carbonyl (C=O) groups is 1. The summed E-state index contributed by atoms with van der Waals surface area (Å²) in [5.41, 5.74) is 0.199. The lowest BCUT2D eigenvalue weighted by Crippen LogP contribution is -2.29. The second-order valence-electron chi connectivity index (χ2n) is 3.55. The number of aldehydes is 1. The second-order valence-corrected chi connectivity index (χ2v) is 3.55. The summed E-state index contributed by atoms with van der Waals surface area (Å²) in [6, 6.07) is 3.10. The van der Waals surface area contributed by atoms with Crippen molar-refractivity contribution in [2.75, 3.05) is 0 Å². The van der Waals surface area contributed by atoms with Crippen molar-refractivity contribution in [1.29, 1.82) is 0 Å². The molecule has 0 aromatic heterocycles. The van der Waals surface area contributed by atoms with E-state index in [2.05, 4.69) is 0 Å². The van der Waals surface area contributed by atoms with Gasteiger partial charge in [-0.15, -0.1) is 0 Å². The van der Waals surface area contributed by atoms with Gasteiger partial charge in [0.1, 0.15) is 0 Å². The van der Waals surface area contributed by atoms with Crippen LogP contribution in [-0.4, -0.2) is 17.2 Å². The van der Waals surface area contributed by atoms with Crippen LogP contribution in [-0.2, 0) is 0 Å². The molecular weight excluding hydrogens is 184 g/mol. The van der Waals surface area contributed by atoms with Crippen LogP contribution in [0.4, 0.5) is 0 Å². The summed E-state index contributed by atoms with van der Waals surface area (Å²) < 4.78 is 10.7. The van der Waals surface area contributed by atoms with Gasteiger partial charge in [0.15, 0.2) is 17.8 Å². The molecule has 1 aliphatic rings. The van der Waals surface area contributed by atoms with E-state index in [4.69, 9.17) is 9.47 Å². The van der Waals surface area contributed by atoms with Gasteiger partial charge in [-0.1, -0.05) is 0 Å². The van der Waals surface area contributed by atoms with Crippen LogP contribution in [0.2, 0.25) is 0 Å².